The molecule has 0 aliphatic carbocycles. The van der Waals surface area contributed by atoms with Gasteiger partial charge in [0.25, 0.3) is 0 Å². The highest BCUT2D eigenvalue weighted by atomic mass is 16.5. The predicted molar refractivity (Wildman–Crippen MR) is 78.2 cm³/mol. The summed E-state index contributed by atoms with van der Waals surface area (Å²) in [5, 5.41) is 12.9. The Morgan fingerprint density at radius 3 is 2.45 bits per heavy atom. The Bertz CT molecular complexity index is 569. The zero-order valence-corrected chi connectivity index (χ0v) is 11.7. The summed E-state index contributed by atoms with van der Waals surface area (Å²) in [6.45, 7) is 1.40. The van der Waals surface area contributed by atoms with Crippen molar-refractivity contribution in [1.29, 1.82) is 0 Å². The van der Waals surface area contributed by atoms with Crippen LogP contribution in [-0.2, 0) is 13.1 Å². The molecule has 0 spiro atoms. The first kappa shape index (κ1) is 14.2. The van der Waals surface area contributed by atoms with Crippen molar-refractivity contribution in [2.75, 3.05) is 14.2 Å². The number of hydrogen-bond donors (Lipinski definition) is 2. The van der Waals surface area contributed by atoms with Crippen molar-refractivity contribution in [3.8, 4) is 17.2 Å². The maximum atomic E-state index is 9.54. The topological polar surface area (TPSA) is 50.7 Å². The van der Waals surface area contributed by atoms with Gasteiger partial charge in [0.2, 0.25) is 0 Å². The van der Waals surface area contributed by atoms with Gasteiger partial charge in [0.1, 0.15) is 5.75 Å². The number of methoxy groups -OCH3 is 2. The van der Waals surface area contributed by atoms with E-state index in [9.17, 15) is 5.11 Å². The first-order valence-corrected chi connectivity index (χ1v) is 6.43. The predicted octanol–water partition coefficient (Wildman–Crippen LogP) is 2.70. The number of hydrogen-bond acceptors (Lipinski definition) is 4. The lowest BCUT2D eigenvalue weighted by Crippen LogP contribution is -2.13. The van der Waals surface area contributed by atoms with Crippen LogP contribution in [0.1, 0.15) is 11.1 Å². The van der Waals surface area contributed by atoms with Gasteiger partial charge in [-0.15, -0.1) is 0 Å². The van der Waals surface area contributed by atoms with E-state index in [-0.39, 0.29) is 5.75 Å². The highest BCUT2D eigenvalue weighted by molar-refractivity contribution is 5.41. The van der Waals surface area contributed by atoms with E-state index in [2.05, 4.69) is 5.32 Å². The largest absolute Gasteiger partial charge is 0.504 e. The monoisotopic (exact) mass is 273 g/mol. The number of para-hydroxylation sites is 1. The van der Waals surface area contributed by atoms with E-state index in [0.29, 0.717) is 18.8 Å². The van der Waals surface area contributed by atoms with Gasteiger partial charge in [-0.05, 0) is 23.8 Å². The zero-order valence-electron chi connectivity index (χ0n) is 11.7. The molecule has 0 radical (unpaired) electrons. The van der Waals surface area contributed by atoms with Gasteiger partial charge in [-0.3, -0.25) is 0 Å². The molecule has 2 N–H and O–H groups in total. The molecule has 4 heteroatoms. The SMILES string of the molecule is COc1cc(CNCc2ccccc2OC)ccc1O. The summed E-state index contributed by atoms with van der Waals surface area (Å²) in [5.74, 6) is 1.52. The van der Waals surface area contributed by atoms with E-state index in [1.165, 1.54) is 0 Å². The molecule has 4 nitrogen and oxygen atoms in total. The molecule has 0 amide bonds. The summed E-state index contributed by atoms with van der Waals surface area (Å²) in [4.78, 5) is 0. The van der Waals surface area contributed by atoms with Crippen LogP contribution in [0.4, 0.5) is 0 Å². The van der Waals surface area contributed by atoms with Crippen molar-refractivity contribution >= 4 is 0 Å². The molecule has 0 atom stereocenters. The number of phenols is 1. The number of benzene rings is 2. The van der Waals surface area contributed by atoms with Crippen LogP contribution in [0.2, 0.25) is 0 Å². The molecule has 0 aliphatic rings. The number of rotatable bonds is 6. The standard InChI is InChI=1S/C16H19NO3/c1-19-15-6-4-3-5-13(15)11-17-10-12-7-8-14(18)16(9-12)20-2/h3-9,17-18H,10-11H2,1-2H3. The second kappa shape index (κ2) is 6.82. The third-order valence-corrected chi connectivity index (χ3v) is 3.08. The number of phenolic OH excluding ortho intramolecular Hbond substituents is 1. The van der Waals surface area contributed by atoms with Gasteiger partial charge in [-0.2, -0.15) is 0 Å². The molecule has 106 valence electrons. The third kappa shape index (κ3) is 3.42. The van der Waals surface area contributed by atoms with Gasteiger partial charge in [0.05, 0.1) is 14.2 Å². The summed E-state index contributed by atoms with van der Waals surface area (Å²) in [6.07, 6.45) is 0. The minimum absolute atomic E-state index is 0.154. The fourth-order valence-electron chi connectivity index (χ4n) is 2.02. The third-order valence-electron chi connectivity index (χ3n) is 3.08. The maximum Gasteiger partial charge on any atom is 0.160 e. The summed E-state index contributed by atoms with van der Waals surface area (Å²) in [6, 6.07) is 13.2. The minimum atomic E-state index is 0.154. The van der Waals surface area contributed by atoms with Crippen molar-refractivity contribution in [3.05, 3.63) is 53.6 Å². The van der Waals surface area contributed by atoms with Crippen LogP contribution < -0.4 is 14.8 Å². The average molecular weight is 273 g/mol. The number of nitrogens with one attached hydrogen (secondary N) is 1. The van der Waals surface area contributed by atoms with Crippen LogP contribution in [0.5, 0.6) is 17.2 Å². The molecule has 0 bridgehead atoms. The van der Waals surface area contributed by atoms with Crippen LogP contribution in [0.15, 0.2) is 42.5 Å². The molecule has 0 saturated heterocycles. The van der Waals surface area contributed by atoms with E-state index in [1.807, 2.05) is 36.4 Å². The number of aromatic hydroxyl groups is 1. The molecule has 0 fully saturated rings. The van der Waals surface area contributed by atoms with E-state index >= 15 is 0 Å². The zero-order chi connectivity index (χ0) is 14.4. The van der Waals surface area contributed by atoms with Crippen molar-refractivity contribution < 1.29 is 14.6 Å². The van der Waals surface area contributed by atoms with Crippen LogP contribution in [-0.4, -0.2) is 19.3 Å². The van der Waals surface area contributed by atoms with E-state index < -0.39 is 0 Å². The van der Waals surface area contributed by atoms with Gasteiger partial charge >= 0.3 is 0 Å². The van der Waals surface area contributed by atoms with Gasteiger partial charge < -0.3 is 19.9 Å². The molecule has 20 heavy (non-hydrogen) atoms. The maximum absolute atomic E-state index is 9.54. The van der Waals surface area contributed by atoms with E-state index in [4.69, 9.17) is 9.47 Å². The van der Waals surface area contributed by atoms with Crippen LogP contribution in [0.3, 0.4) is 0 Å². The average Bonchev–Trinajstić information content (AvgIpc) is 2.49. The van der Waals surface area contributed by atoms with Gasteiger partial charge in [-0.1, -0.05) is 24.3 Å². The molecule has 0 aliphatic heterocycles. The summed E-state index contributed by atoms with van der Waals surface area (Å²) >= 11 is 0. The summed E-state index contributed by atoms with van der Waals surface area (Å²) in [7, 11) is 3.21. The second-order valence-electron chi connectivity index (χ2n) is 4.42. The minimum Gasteiger partial charge on any atom is -0.504 e. The lowest BCUT2D eigenvalue weighted by atomic mass is 10.1. The molecule has 2 aromatic rings. The quantitative estimate of drug-likeness (QED) is 0.849. The normalized spacial score (nSPS) is 10.3. The molecule has 0 heterocycles. The molecular weight excluding hydrogens is 254 g/mol. The van der Waals surface area contributed by atoms with Gasteiger partial charge in [0.15, 0.2) is 11.5 Å². The van der Waals surface area contributed by atoms with Crippen molar-refractivity contribution in [2.24, 2.45) is 0 Å². The lowest BCUT2D eigenvalue weighted by molar-refractivity contribution is 0.372. The van der Waals surface area contributed by atoms with Crippen LogP contribution >= 0.6 is 0 Å². The lowest BCUT2D eigenvalue weighted by Gasteiger charge is -2.10. The van der Waals surface area contributed by atoms with Crippen LogP contribution in [0.25, 0.3) is 0 Å². The van der Waals surface area contributed by atoms with Crippen molar-refractivity contribution in [1.82, 2.24) is 5.32 Å². The number of ether oxygens (including phenoxy) is 2. The van der Waals surface area contributed by atoms with Crippen molar-refractivity contribution in [2.45, 2.75) is 13.1 Å². The molecule has 2 rings (SSSR count). The van der Waals surface area contributed by atoms with E-state index in [1.54, 1.807) is 20.3 Å². The fourth-order valence-corrected chi connectivity index (χ4v) is 2.02. The fraction of sp³-hybridized carbons (Fsp3) is 0.250. The Balaban J connectivity index is 1.96. The highest BCUT2D eigenvalue weighted by Gasteiger charge is 2.04. The molecule has 0 saturated carbocycles. The summed E-state index contributed by atoms with van der Waals surface area (Å²) < 4.78 is 10.4. The Morgan fingerprint density at radius 2 is 1.70 bits per heavy atom. The summed E-state index contributed by atoms with van der Waals surface area (Å²) in [5.41, 5.74) is 2.16. The Kier molecular flexibility index (Phi) is 4.85. The first-order chi connectivity index (χ1) is 9.74. The van der Waals surface area contributed by atoms with Crippen LogP contribution in [0, 0.1) is 0 Å². The highest BCUT2D eigenvalue weighted by Crippen LogP contribution is 2.26. The van der Waals surface area contributed by atoms with Gasteiger partial charge in [-0.25, -0.2) is 0 Å². The molecular formula is C16H19NO3. The Labute approximate surface area is 119 Å². The smallest absolute Gasteiger partial charge is 0.160 e. The molecule has 0 unspecified atom stereocenters. The van der Waals surface area contributed by atoms with Crippen molar-refractivity contribution in [3.63, 3.8) is 0 Å². The van der Waals surface area contributed by atoms with E-state index in [0.717, 1.165) is 16.9 Å². The Morgan fingerprint density at radius 1 is 0.950 bits per heavy atom. The molecule has 2 aromatic carbocycles. The Hall–Kier alpha value is -2.20. The second-order valence-corrected chi connectivity index (χ2v) is 4.42. The van der Waals surface area contributed by atoms with Gasteiger partial charge in [0, 0.05) is 18.7 Å². The molecule has 0 aromatic heterocycles. The first-order valence-electron chi connectivity index (χ1n) is 6.43.